The van der Waals surface area contributed by atoms with Crippen molar-refractivity contribution in [3.8, 4) is 0 Å². The van der Waals surface area contributed by atoms with Crippen LogP contribution < -0.4 is 5.32 Å². The molecule has 1 N–H and O–H groups in total. The van der Waals surface area contributed by atoms with Crippen LogP contribution >= 0.6 is 0 Å². The summed E-state index contributed by atoms with van der Waals surface area (Å²) in [7, 11) is -3.61. The molecule has 0 bridgehead atoms. The third-order valence-electron chi connectivity index (χ3n) is 5.39. The van der Waals surface area contributed by atoms with Crippen LogP contribution in [-0.4, -0.2) is 31.7 Å². The number of hydrogen-bond acceptors (Lipinski definition) is 3. The number of hydrogen-bond donors (Lipinski definition) is 1. The van der Waals surface area contributed by atoms with Crippen LogP contribution in [0.3, 0.4) is 0 Å². The van der Waals surface area contributed by atoms with Crippen molar-refractivity contribution < 1.29 is 39.6 Å². The van der Waals surface area contributed by atoms with E-state index in [1.165, 1.54) is 28.6 Å². The molecule has 1 fully saturated rings. The highest BCUT2D eigenvalue weighted by molar-refractivity contribution is 7.89. The monoisotopic (exact) mass is 508 g/mol. The van der Waals surface area contributed by atoms with E-state index < -0.39 is 45.1 Å². The number of aryl methyl sites for hydroxylation is 1. The molecule has 1 amide bonds. The lowest BCUT2D eigenvalue weighted by molar-refractivity contribution is -0.143. The molecule has 0 saturated carbocycles. The maximum atomic E-state index is 13.0. The Morgan fingerprint density at radius 2 is 1.38 bits per heavy atom. The van der Waals surface area contributed by atoms with Gasteiger partial charge in [-0.15, -0.1) is 0 Å². The summed E-state index contributed by atoms with van der Waals surface area (Å²) in [6.45, 7) is 0.908. The molecule has 1 heterocycles. The summed E-state index contributed by atoms with van der Waals surface area (Å²) in [6.07, 6.45) is -7.58. The highest BCUT2D eigenvalue weighted by Gasteiger charge is 2.37. The minimum Gasteiger partial charge on any atom is -0.326 e. The van der Waals surface area contributed by atoms with Gasteiger partial charge in [0, 0.05) is 25.2 Å². The Labute approximate surface area is 192 Å². The first-order valence-corrected chi connectivity index (χ1v) is 11.9. The zero-order valence-corrected chi connectivity index (χ0v) is 18.7. The molecule has 0 atom stereocenters. The van der Waals surface area contributed by atoms with Crippen molar-refractivity contribution in [3.05, 3.63) is 59.2 Å². The predicted molar refractivity (Wildman–Crippen MR) is 112 cm³/mol. The van der Waals surface area contributed by atoms with Gasteiger partial charge in [-0.05, 0) is 55.2 Å². The average molecular weight is 508 g/mol. The molecule has 12 heteroatoms. The summed E-state index contributed by atoms with van der Waals surface area (Å²) in [4.78, 5) is 12.3. The largest absolute Gasteiger partial charge is 0.416 e. The van der Waals surface area contributed by atoms with E-state index in [2.05, 4.69) is 5.32 Å². The Kier molecular flexibility index (Phi) is 7.61. The summed E-state index contributed by atoms with van der Waals surface area (Å²) in [5, 5.41) is 2.07. The second kappa shape index (κ2) is 9.95. The minimum atomic E-state index is -5.02. The van der Waals surface area contributed by atoms with Gasteiger partial charge < -0.3 is 5.32 Å². The maximum Gasteiger partial charge on any atom is 0.416 e. The molecule has 0 radical (unpaired) electrons. The van der Waals surface area contributed by atoms with Crippen LogP contribution in [0.15, 0.2) is 47.4 Å². The van der Waals surface area contributed by atoms with Crippen LogP contribution in [0.1, 0.15) is 42.4 Å². The van der Waals surface area contributed by atoms with Gasteiger partial charge in [0.05, 0.1) is 16.0 Å². The van der Waals surface area contributed by atoms with Crippen LogP contribution in [0.2, 0.25) is 0 Å². The lowest BCUT2D eigenvalue weighted by atomic mass is 10.1. The zero-order valence-electron chi connectivity index (χ0n) is 17.8. The van der Waals surface area contributed by atoms with Crippen molar-refractivity contribution in [1.82, 2.24) is 4.31 Å². The number of carbonyl (C=O) groups excluding carboxylic acids is 1. The molecule has 2 aromatic carbocycles. The van der Waals surface area contributed by atoms with Crippen molar-refractivity contribution in [2.75, 3.05) is 18.4 Å². The Morgan fingerprint density at radius 1 is 0.853 bits per heavy atom. The summed E-state index contributed by atoms with van der Waals surface area (Å²) in [6, 6.07) is 6.74. The van der Waals surface area contributed by atoms with Crippen molar-refractivity contribution in [3.63, 3.8) is 0 Å². The number of carbonyl (C=O) groups is 1. The van der Waals surface area contributed by atoms with Crippen LogP contribution in [0.4, 0.5) is 32.0 Å². The molecule has 3 rings (SSSR count). The quantitative estimate of drug-likeness (QED) is 0.527. The lowest BCUT2D eigenvalue weighted by Gasteiger charge is -2.25. The smallest absolute Gasteiger partial charge is 0.326 e. The first kappa shape index (κ1) is 26.0. The molecule has 1 saturated heterocycles. The molecule has 2 aromatic rings. The number of nitrogens with one attached hydrogen (secondary N) is 1. The fraction of sp³-hybridized carbons (Fsp3) is 0.409. The van der Waals surface area contributed by atoms with E-state index in [1.54, 1.807) is 0 Å². The normalized spacial score (nSPS) is 15.8. The SMILES string of the molecule is O=C(CCc1ccc(S(=O)(=O)N2CCCCC2)cc1)Nc1cc(C(F)(F)F)cc(C(F)(F)F)c1. The first-order valence-electron chi connectivity index (χ1n) is 10.5. The molecule has 0 unspecified atom stereocenters. The molecular formula is C22H22F6N2O3S. The molecular weight excluding hydrogens is 486 g/mol. The maximum absolute atomic E-state index is 13.0. The Morgan fingerprint density at radius 3 is 1.88 bits per heavy atom. The minimum absolute atomic E-state index is 0.0187. The molecule has 0 spiro atoms. The third kappa shape index (κ3) is 6.50. The summed E-state index contributed by atoms with van der Waals surface area (Å²) >= 11 is 0. The molecule has 5 nitrogen and oxygen atoms in total. The molecule has 0 aromatic heterocycles. The van der Waals surface area contributed by atoms with Crippen molar-refractivity contribution in [1.29, 1.82) is 0 Å². The van der Waals surface area contributed by atoms with Gasteiger partial charge >= 0.3 is 12.4 Å². The average Bonchev–Trinajstić information content (AvgIpc) is 2.77. The number of anilines is 1. The number of sulfonamides is 1. The Bertz CT molecular complexity index is 1090. The second-order valence-corrected chi connectivity index (χ2v) is 9.89. The zero-order chi connectivity index (χ0) is 25.1. The lowest BCUT2D eigenvalue weighted by Crippen LogP contribution is -2.35. The molecule has 34 heavy (non-hydrogen) atoms. The van der Waals surface area contributed by atoms with E-state index in [9.17, 15) is 39.6 Å². The number of halogens is 6. The highest BCUT2D eigenvalue weighted by atomic mass is 32.2. The fourth-order valence-electron chi connectivity index (χ4n) is 3.59. The van der Waals surface area contributed by atoms with Crippen molar-refractivity contribution in [2.24, 2.45) is 0 Å². The van der Waals surface area contributed by atoms with Crippen LogP contribution in [0, 0.1) is 0 Å². The Hall–Kier alpha value is -2.60. The van der Waals surface area contributed by atoms with Gasteiger partial charge in [0.2, 0.25) is 15.9 Å². The van der Waals surface area contributed by atoms with Gasteiger partial charge in [0.1, 0.15) is 0 Å². The van der Waals surface area contributed by atoms with Gasteiger partial charge in [0.25, 0.3) is 0 Å². The van der Waals surface area contributed by atoms with Crippen LogP contribution in [0.25, 0.3) is 0 Å². The van der Waals surface area contributed by atoms with Crippen molar-refractivity contribution >= 4 is 21.6 Å². The van der Waals surface area contributed by atoms with E-state index in [0.29, 0.717) is 30.8 Å². The first-order chi connectivity index (χ1) is 15.8. The number of piperidine rings is 1. The number of rotatable bonds is 6. The van der Waals surface area contributed by atoms with E-state index in [-0.39, 0.29) is 23.8 Å². The van der Waals surface area contributed by atoms with E-state index in [0.717, 1.165) is 19.3 Å². The highest BCUT2D eigenvalue weighted by Crippen LogP contribution is 2.37. The van der Waals surface area contributed by atoms with Gasteiger partial charge in [0.15, 0.2) is 0 Å². The van der Waals surface area contributed by atoms with Gasteiger partial charge in [-0.1, -0.05) is 18.6 Å². The summed E-state index contributed by atoms with van der Waals surface area (Å²) in [5.41, 5.74) is -3.07. The predicted octanol–water partition coefficient (Wildman–Crippen LogP) is 5.47. The second-order valence-electron chi connectivity index (χ2n) is 7.95. The number of benzene rings is 2. The number of amides is 1. The summed E-state index contributed by atoms with van der Waals surface area (Å²) in [5.74, 6) is -0.780. The fourth-order valence-corrected chi connectivity index (χ4v) is 5.11. The van der Waals surface area contributed by atoms with Crippen LogP contribution in [-0.2, 0) is 33.6 Å². The van der Waals surface area contributed by atoms with Gasteiger partial charge in [-0.2, -0.15) is 30.6 Å². The van der Waals surface area contributed by atoms with Gasteiger partial charge in [-0.3, -0.25) is 4.79 Å². The molecule has 1 aliphatic heterocycles. The number of nitrogens with zero attached hydrogens (tertiary/aromatic N) is 1. The van der Waals surface area contributed by atoms with E-state index in [4.69, 9.17) is 0 Å². The topological polar surface area (TPSA) is 66.5 Å². The Balaban J connectivity index is 1.65. The van der Waals surface area contributed by atoms with Crippen LogP contribution in [0.5, 0.6) is 0 Å². The molecule has 0 aliphatic carbocycles. The standard InChI is InChI=1S/C22H22F6N2O3S/c23-21(24,25)16-12-17(22(26,27)28)14-18(13-16)29-20(31)9-6-15-4-7-19(8-5-15)34(32,33)30-10-2-1-3-11-30/h4-5,7-8,12-14H,1-3,6,9-11H2,(H,29,31). The third-order valence-corrected chi connectivity index (χ3v) is 7.30. The van der Waals surface area contributed by atoms with Gasteiger partial charge in [-0.25, -0.2) is 8.42 Å². The van der Waals surface area contributed by atoms with E-state index in [1.807, 2.05) is 0 Å². The van der Waals surface area contributed by atoms with E-state index >= 15 is 0 Å². The molecule has 1 aliphatic rings. The summed E-state index contributed by atoms with van der Waals surface area (Å²) < 4.78 is 104. The van der Waals surface area contributed by atoms with Crippen molar-refractivity contribution in [2.45, 2.75) is 49.4 Å². The molecule has 186 valence electrons. The number of alkyl halides is 6.